The molecule has 0 heterocycles. The molecular weight excluding hydrogens is 134 g/mol. The molecule has 0 amide bonds. The molecule has 0 spiro atoms. The molecule has 2 nitrogen and oxygen atoms in total. The summed E-state index contributed by atoms with van der Waals surface area (Å²) in [5, 5.41) is 14.2. The van der Waals surface area contributed by atoms with Crippen LogP contribution in [0.4, 0.5) is 4.39 Å². The van der Waals surface area contributed by atoms with E-state index in [0.29, 0.717) is 0 Å². The van der Waals surface area contributed by atoms with Crippen molar-refractivity contribution in [1.29, 1.82) is 0 Å². The predicted octanol–water partition coefficient (Wildman–Crippen LogP) is 0.0632. The highest BCUT2D eigenvalue weighted by Gasteiger charge is 1.77. The van der Waals surface area contributed by atoms with Gasteiger partial charge in [-0.15, -0.1) is 0 Å². The summed E-state index contributed by atoms with van der Waals surface area (Å²) in [5.41, 5.74) is 0. The number of rotatable bonds is 0. The number of hydrogen-bond donors (Lipinski definition) is 2. The van der Waals surface area contributed by atoms with Crippen molar-refractivity contribution in [3.63, 3.8) is 0 Å². The minimum atomic E-state index is -0.750. The summed E-state index contributed by atoms with van der Waals surface area (Å²) in [6, 6.07) is 7.94. The maximum absolute atomic E-state index is 11.9. The van der Waals surface area contributed by atoms with Crippen LogP contribution in [-0.4, -0.2) is 17.7 Å². The highest BCUT2D eigenvalue weighted by molar-refractivity contribution is 6.13. The first-order valence-electron chi connectivity index (χ1n) is 2.73. The lowest BCUT2D eigenvalue weighted by Gasteiger charge is -1.78. The summed E-state index contributed by atoms with van der Waals surface area (Å²) >= 11 is 0. The van der Waals surface area contributed by atoms with E-state index in [1.165, 1.54) is 12.1 Å². The zero-order valence-corrected chi connectivity index (χ0v) is 5.37. The summed E-state index contributed by atoms with van der Waals surface area (Å²) in [4.78, 5) is 0. The minimum absolute atomic E-state index is 0.178. The Morgan fingerprint density at radius 2 is 1.50 bits per heavy atom. The quantitative estimate of drug-likeness (QED) is 0.503. The van der Waals surface area contributed by atoms with E-state index in [1.807, 2.05) is 0 Å². The molecule has 0 aromatic heterocycles. The Morgan fingerprint density at radius 1 is 1.10 bits per heavy atom. The van der Waals surface area contributed by atoms with E-state index in [2.05, 4.69) is 0 Å². The van der Waals surface area contributed by atoms with E-state index in [-0.39, 0.29) is 5.82 Å². The van der Waals surface area contributed by atoms with Gasteiger partial charge in [-0.1, -0.05) is 18.2 Å². The third-order valence-corrected chi connectivity index (χ3v) is 0.733. The fourth-order valence-corrected chi connectivity index (χ4v) is 0.415. The van der Waals surface area contributed by atoms with Crippen molar-refractivity contribution in [2.45, 2.75) is 0 Å². The average Bonchev–Trinajstić information content (AvgIpc) is 1.91. The monoisotopic (exact) mass is 142 g/mol. The van der Waals surface area contributed by atoms with Crippen molar-refractivity contribution in [3.05, 3.63) is 36.1 Å². The summed E-state index contributed by atoms with van der Waals surface area (Å²) in [6.45, 7) is 0. The van der Waals surface area contributed by atoms with E-state index in [9.17, 15) is 4.39 Å². The number of halogens is 1. The molecule has 54 valence electrons. The molecule has 0 aliphatic rings. The van der Waals surface area contributed by atoms with E-state index < -0.39 is 7.69 Å². The van der Waals surface area contributed by atoms with Crippen LogP contribution in [0.15, 0.2) is 30.3 Å². The molecule has 1 rings (SSSR count). The average molecular weight is 142 g/mol. The van der Waals surface area contributed by atoms with Gasteiger partial charge in [0, 0.05) is 0 Å². The molecule has 0 saturated carbocycles. The summed E-state index contributed by atoms with van der Waals surface area (Å²) in [5.74, 6) is -0.178. The first-order valence-corrected chi connectivity index (χ1v) is 2.73. The zero-order valence-electron chi connectivity index (χ0n) is 5.37. The Kier molecular flexibility index (Phi) is 5.72. The Hall–Kier alpha value is -0.865. The molecule has 0 aliphatic carbocycles. The second-order valence-corrected chi connectivity index (χ2v) is 1.44. The molecule has 0 aliphatic heterocycles. The van der Waals surface area contributed by atoms with Gasteiger partial charge in [-0.3, -0.25) is 0 Å². The fourth-order valence-electron chi connectivity index (χ4n) is 0.415. The van der Waals surface area contributed by atoms with Crippen LogP contribution in [0.5, 0.6) is 0 Å². The first kappa shape index (κ1) is 9.13. The van der Waals surface area contributed by atoms with Gasteiger partial charge in [0.2, 0.25) is 0 Å². The highest BCUT2D eigenvalue weighted by atomic mass is 19.1. The molecule has 4 heteroatoms. The number of benzene rings is 1. The molecule has 0 radical (unpaired) electrons. The molecule has 10 heavy (non-hydrogen) atoms. The maximum atomic E-state index is 11.9. The SMILES string of the molecule is Fc1ccccc1.OBO. The summed E-state index contributed by atoms with van der Waals surface area (Å²) in [6.07, 6.45) is 0. The third kappa shape index (κ3) is 5.28. The first-order chi connectivity index (χ1) is 4.81. The third-order valence-electron chi connectivity index (χ3n) is 0.733. The lowest BCUT2D eigenvalue weighted by molar-refractivity contribution is 0.448. The fraction of sp³-hybridized carbons (Fsp3) is 0. The Balaban J connectivity index is 0.000000236. The Labute approximate surface area is 59.2 Å². The summed E-state index contributed by atoms with van der Waals surface area (Å²) in [7, 11) is -0.750. The van der Waals surface area contributed by atoms with Gasteiger partial charge in [0.15, 0.2) is 0 Å². The van der Waals surface area contributed by atoms with Crippen LogP contribution in [0, 0.1) is 5.82 Å². The molecule has 1 aromatic rings. The van der Waals surface area contributed by atoms with Gasteiger partial charge < -0.3 is 10.0 Å². The molecule has 0 atom stereocenters. The molecule has 0 saturated heterocycles. The topological polar surface area (TPSA) is 40.5 Å². The van der Waals surface area contributed by atoms with E-state index in [1.54, 1.807) is 18.2 Å². The van der Waals surface area contributed by atoms with Crippen molar-refractivity contribution in [2.75, 3.05) is 0 Å². The highest BCUT2D eigenvalue weighted by Crippen LogP contribution is 1.91. The molecule has 1 aromatic carbocycles. The van der Waals surface area contributed by atoms with E-state index in [4.69, 9.17) is 10.0 Å². The van der Waals surface area contributed by atoms with Crippen molar-refractivity contribution in [3.8, 4) is 0 Å². The van der Waals surface area contributed by atoms with Crippen LogP contribution in [0.25, 0.3) is 0 Å². The normalized spacial score (nSPS) is 7.50. The van der Waals surface area contributed by atoms with E-state index in [0.717, 1.165) is 0 Å². The van der Waals surface area contributed by atoms with Crippen LogP contribution < -0.4 is 0 Å². The van der Waals surface area contributed by atoms with Gasteiger partial charge >= 0.3 is 7.69 Å². The van der Waals surface area contributed by atoms with Crippen LogP contribution in [0.3, 0.4) is 0 Å². The lowest BCUT2D eigenvalue weighted by Crippen LogP contribution is -1.75. The largest absolute Gasteiger partial charge is 0.432 e. The van der Waals surface area contributed by atoms with E-state index >= 15 is 0 Å². The second kappa shape index (κ2) is 6.26. The maximum Gasteiger partial charge on any atom is 0.432 e. The van der Waals surface area contributed by atoms with Gasteiger partial charge in [-0.05, 0) is 12.1 Å². The smallest absolute Gasteiger partial charge is 0.430 e. The van der Waals surface area contributed by atoms with Crippen molar-refractivity contribution >= 4 is 7.69 Å². The van der Waals surface area contributed by atoms with Crippen molar-refractivity contribution < 1.29 is 14.4 Å². The Bertz CT molecular complexity index is 157. The lowest BCUT2D eigenvalue weighted by atomic mass is 10.4. The van der Waals surface area contributed by atoms with Crippen molar-refractivity contribution in [1.82, 2.24) is 0 Å². The van der Waals surface area contributed by atoms with Gasteiger partial charge in [-0.2, -0.15) is 0 Å². The van der Waals surface area contributed by atoms with Crippen LogP contribution >= 0.6 is 0 Å². The zero-order chi connectivity index (χ0) is 7.82. The van der Waals surface area contributed by atoms with Crippen LogP contribution in [-0.2, 0) is 0 Å². The predicted molar refractivity (Wildman–Crippen MR) is 38.0 cm³/mol. The minimum Gasteiger partial charge on any atom is -0.430 e. The van der Waals surface area contributed by atoms with Gasteiger partial charge in [-0.25, -0.2) is 4.39 Å². The van der Waals surface area contributed by atoms with Gasteiger partial charge in [0.1, 0.15) is 5.82 Å². The van der Waals surface area contributed by atoms with Crippen LogP contribution in [0.1, 0.15) is 0 Å². The van der Waals surface area contributed by atoms with Gasteiger partial charge in [0.25, 0.3) is 0 Å². The van der Waals surface area contributed by atoms with Crippen molar-refractivity contribution in [2.24, 2.45) is 0 Å². The standard InChI is InChI=1S/C6H5F.BH3O2/c7-6-4-2-1-3-5-6;2-1-3/h1-5H;1-3H. The molecule has 0 bridgehead atoms. The second-order valence-electron chi connectivity index (χ2n) is 1.44. The van der Waals surface area contributed by atoms with Crippen LogP contribution in [0.2, 0.25) is 0 Å². The summed E-state index contributed by atoms with van der Waals surface area (Å²) < 4.78 is 11.9. The number of hydrogen-bond acceptors (Lipinski definition) is 2. The molecular formula is C6H8BFO2. The molecule has 2 N–H and O–H groups in total. The Morgan fingerprint density at radius 3 is 1.70 bits per heavy atom. The van der Waals surface area contributed by atoms with Gasteiger partial charge in [0.05, 0.1) is 0 Å². The molecule has 0 fully saturated rings. The molecule has 0 unspecified atom stereocenters.